The SMILES string of the molecule is CC(C)(CO)n1cc(N2CC=CC(C3CC3)=C2OCC2CC2)cn1. The van der Waals surface area contributed by atoms with Crippen LogP contribution in [0.15, 0.2) is 36.0 Å². The van der Waals surface area contributed by atoms with E-state index in [1.165, 1.54) is 31.3 Å². The Hall–Kier alpha value is -1.75. The molecule has 2 aliphatic carbocycles. The van der Waals surface area contributed by atoms with Crippen LogP contribution in [0.4, 0.5) is 5.69 Å². The first-order valence-corrected chi connectivity index (χ1v) is 9.05. The number of aliphatic hydroxyl groups is 1. The molecule has 0 spiro atoms. The standard InChI is InChI=1S/C19H27N3O2/c1-19(2,13-23)22-11-16(10-20-22)21-9-3-4-17(15-7-8-15)18(21)24-12-14-5-6-14/h3-4,10-11,14-15,23H,5-9,12-13H2,1-2H3. The van der Waals surface area contributed by atoms with Crippen LogP contribution in [0.1, 0.15) is 39.5 Å². The predicted octanol–water partition coefficient (Wildman–Crippen LogP) is 3.03. The van der Waals surface area contributed by atoms with E-state index in [-0.39, 0.29) is 6.61 Å². The van der Waals surface area contributed by atoms with Crippen LogP contribution in [-0.4, -0.2) is 34.6 Å². The highest BCUT2D eigenvalue weighted by Gasteiger charge is 2.34. The molecule has 130 valence electrons. The van der Waals surface area contributed by atoms with Crippen LogP contribution in [0.5, 0.6) is 0 Å². The minimum atomic E-state index is -0.401. The molecule has 0 atom stereocenters. The molecule has 0 unspecified atom stereocenters. The second-order valence-corrected chi connectivity index (χ2v) is 7.92. The fraction of sp³-hybridized carbons (Fsp3) is 0.632. The molecule has 0 radical (unpaired) electrons. The van der Waals surface area contributed by atoms with Gasteiger partial charge >= 0.3 is 0 Å². The van der Waals surface area contributed by atoms with Gasteiger partial charge in [-0.15, -0.1) is 0 Å². The van der Waals surface area contributed by atoms with Gasteiger partial charge in [-0.3, -0.25) is 4.68 Å². The van der Waals surface area contributed by atoms with Crippen molar-refractivity contribution in [2.75, 3.05) is 24.7 Å². The van der Waals surface area contributed by atoms with E-state index in [1.807, 2.05) is 30.9 Å². The summed E-state index contributed by atoms with van der Waals surface area (Å²) in [5.74, 6) is 2.41. The number of aliphatic hydroxyl groups excluding tert-OH is 1. The van der Waals surface area contributed by atoms with E-state index in [1.54, 1.807) is 0 Å². The van der Waals surface area contributed by atoms with Crippen molar-refractivity contribution < 1.29 is 9.84 Å². The summed E-state index contributed by atoms with van der Waals surface area (Å²) in [5, 5.41) is 14.0. The monoisotopic (exact) mass is 329 g/mol. The number of nitrogens with zero attached hydrogens (tertiary/aromatic N) is 3. The maximum absolute atomic E-state index is 9.57. The van der Waals surface area contributed by atoms with Gasteiger partial charge in [-0.05, 0) is 51.4 Å². The molecular weight excluding hydrogens is 302 g/mol. The van der Waals surface area contributed by atoms with E-state index in [2.05, 4.69) is 22.2 Å². The highest BCUT2D eigenvalue weighted by Crippen LogP contribution is 2.42. The van der Waals surface area contributed by atoms with Gasteiger partial charge in [0, 0.05) is 18.3 Å². The molecule has 2 fully saturated rings. The zero-order valence-electron chi connectivity index (χ0n) is 14.6. The lowest BCUT2D eigenvalue weighted by molar-refractivity contribution is 0.152. The van der Waals surface area contributed by atoms with Crippen LogP contribution in [-0.2, 0) is 10.3 Å². The van der Waals surface area contributed by atoms with E-state index < -0.39 is 5.54 Å². The third-order valence-corrected chi connectivity index (χ3v) is 5.14. The van der Waals surface area contributed by atoms with Gasteiger partial charge in [0.1, 0.15) is 0 Å². The summed E-state index contributed by atoms with van der Waals surface area (Å²) in [6, 6.07) is 0. The molecule has 2 saturated carbocycles. The lowest BCUT2D eigenvalue weighted by Crippen LogP contribution is -2.31. The first-order valence-electron chi connectivity index (χ1n) is 9.05. The number of aromatic nitrogens is 2. The van der Waals surface area contributed by atoms with Crippen molar-refractivity contribution in [3.63, 3.8) is 0 Å². The van der Waals surface area contributed by atoms with Crippen molar-refractivity contribution in [1.29, 1.82) is 0 Å². The molecule has 5 heteroatoms. The summed E-state index contributed by atoms with van der Waals surface area (Å²) < 4.78 is 8.12. The van der Waals surface area contributed by atoms with Gasteiger partial charge < -0.3 is 14.7 Å². The summed E-state index contributed by atoms with van der Waals surface area (Å²) in [4.78, 5) is 2.23. The third-order valence-electron chi connectivity index (χ3n) is 5.14. The summed E-state index contributed by atoms with van der Waals surface area (Å²) in [6.07, 6.45) is 13.5. The number of anilines is 1. The molecule has 4 rings (SSSR count). The Morgan fingerprint density at radius 1 is 1.29 bits per heavy atom. The summed E-state index contributed by atoms with van der Waals surface area (Å²) in [6.45, 7) is 5.65. The lowest BCUT2D eigenvalue weighted by atomic mass is 10.1. The number of rotatable bonds is 7. The zero-order chi connectivity index (χ0) is 16.7. The second-order valence-electron chi connectivity index (χ2n) is 7.92. The average Bonchev–Trinajstić information content (AvgIpc) is 3.51. The van der Waals surface area contributed by atoms with Crippen molar-refractivity contribution in [1.82, 2.24) is 9.78 Å². The molecule has 1 N–H and O–H groups in total. The molecule has 0 bridgehead atoms. The first-order chi connectivity index (χ1) is 11.6. The largest absolute Gasteiger partial charge is 0.478 e. The van der Waals surface area contributed by atoms with Gasteiger partial charge in [0.05, 0.1) is 30.6 Å². The molecule has 1 aliphatic heterocycles. The van der Waals surface area contributed by atoms with Crippen molar-refractivity contribution in [3.05, 3.63) is 36.0 Å². The van der Waals surface area contributed by atoms with Crippen LogP contribution >= 0.6 is 0 Å². The van der Waals surface area contributed by atoms with Crippen molar-refractivity contribution in [2.24, 2.45) is 11.8 Å². The minimum Gasteiger partial charge on any atom is -0.478 e. The Balaban J connectivity index is 1.61. The average molecular weight is 329 g/mol. The van der Waals surface area contributed by atoms with Gasteiger partial charge in [-0.25, -0.2) is 0 Å². The zero-order valence-corrected chi connectivity index (χ0v) is 14.6. The normalized spacial score (nSPS) is 21.5. The van der Waals surface area contributed by atoms with Gasteiger partial charge in [0.2, 0.25) is 0 Å². The summed E-state index contributed by atoms with van der Waals surface area (Å²) in [5.41, 5.74) is 1.97. The topological polar surface area (TPSA) is 50.5 Å². The van der Waals surface area contributed by atoms with Crippen molar-refractivity contribution in [3.8, 4) is 0 Å². The number of ether oxygens (including phenoxy) is 1. The van der Waals surface area contributed by atoms with Crippen molar-refractivity contribution >= 4 is 5.69 Å². The molecular formula is C19H27N3O2. The van der Waals surface area contributed by atoms with Gasteiger partial charge in [0.25, 0.3) is 0 Å². The molecule has 1 aromatic heterocycles. The molecule has 0 aromatic carbocycles. The van der Waals surface area contributed by atoms with Crippen molar-refractivity contribution in [2.45, 2.75) is 45.1 Å². The van der Waals surface area contributed by atoms with E-state index in [9.17, 15) is 5.11 Å². The Morgan fingerprint density at radius 3 is 2.75 bits per heavy atom. The summed E-state index contributed by atoms with van der Waals surface area (Å²) in [7, 11) is 0. The molecule has 3 aliphatic rings. The Morgan fingerprint density at radius 2 is 2.08 bits per heavy atom. The molecule has 0 amide bonds. The molecule has 24 heavy (non-hydrogen) atoms. The lowest BCUT2D eigenvalue weighted by Gasteiger charge is -2.30. The smallest absolute Gasteiger partial charge is 0.197 e. The van der Waals surface area contributed by atoms with Crippen LogP contribution in [0, 0.1) is 11.8 Å². The van der Waals surface area contributed by atoms with Crippen LogP contribution < -0.4 is 4.90 Å². The first kappa shape index (κ1) is 15.8. The highest BCUT2D eigenvalue weighted by atomic mass is 16.5. The quantitative estimate of drug-likeness (QED) is 0.835. The fourth-order valence-electron chi connectivity index (χ4n) is 3.02. The van der Waals surface area contributed by atoms with Crippen LogP contribution in [0.2, 0.25) is 0 Å². The third kappa shape index (κ3) is 3.09. The van der Waals surface area contributed by atoms with Crippen LogP contribution in [0.25, 0.3) is 0 Å². The van der Waals surface area contributed by atoms with Gasteiger partial charge in [-0.2, -0.15) is 5.10 Å². The second kappa shape index (κ2) is 5.96. The Kier molecular flexibility index (Phi) is 3.91. The maximum atomic E-state index is 9.57. The number of hydrogen-bond acceptors (Lipinski definition) is 4. The van der Waals surface area contributed by atoms with E-state index in [0.717, 1.165) is 30.6 Å². The molecule has 0 saturated heterocycles. The maximum Gasteiger partial charge on any atom is 0.197 e. The minimum absolute atomic E-state index is 0.0578. The Labute approximate surface area is 143 Å². The predicted molar refractivity (Wildman–Crippen MR) is 93.5 cm³/mol. The van der Waals surface area contributed by atoms with E-state index >= 15 is 0 Å². The number of hydrogen-bond donors (Lipinski definition) is 1. The Bertz CT molecular complexity index is 666. The molecule has 1 aromatic rings. The molecule has 5 nitrogen and oxygen atoms in total. The summed E-state index contributed by atoms with van der Waals surface area (Å²) >= 11 is 0. The van der Waals surface area contributed by atoms with E-state index in [0.29, 0.717) is 5.92 Å². The van der Waals surface area contributed by atoms with Crippen LogP contribution in [0.3, 0.4) is 0 Å². The van der Waals surface area contributed by atoms with Gasteiger partial charge in [-0.1, -0.05) is 12.2 Å². The van der Waals surface area contributed by atoms with Gasteiger partial charge in [0.15, 0.2) is 5.88 Å². The van der Waals surface area contributed by atoms with E-state index in [4.69, 9.17) is 4.74 Å². The highest BCUT2D eigenvalue weighted by molar-refractivity contribution is 5.54. The molecule has 2 heterocycles. The number of allylic oxidation sites excluding steroid dienone is 2. The fourth-order valence-corrected chi connectivity index (χ4v) is 3.02.